The van der Waals surface area contributed by atoms with Gasteiger partial charge in [0.2, 0.25) is 0 Å². The van der Waals surface area contributed by atoms with Crippen LogP contribution in [0, 0.1) is 0 Å². The third kappa shape index (κ3) is 1.38. The Balaban J connectivity index is 2.09. The molecule has 2 rings (SSSR count). The molecular formula is C10H19N3O. The molecule has 14 heavy (non-hydrogen) atoms. The van der Waals surface area contributed by atoms with Gasteiger partial charge in [-0.05, 0) is 12.8 Å². The largest absolute Gasteiger partial charge is 0.351 e. The van der Waals surface area contributed by atoms with Gasteiger partial charge in [-0.25, -0.2) is 4.79 Å². The number of unbranched alkanes of at least 4 members (excludes halogenated alkanes) is 1. The molecule has 3 N–H and O–H groups in total. The van der Waals surface area contributed by atoms with E-state index >= 15 is 0 Å². The number of carbonyl (C=O) groups is 1. The number of rotatable bonds is 3. The molecule has 2 heterocycles. The quantitative estimate of drug-likeness (QED) is 0.698. The lowest BCUT2D eigenvalue weighted by molar-refractivity contribution is 0.138. The van der Waals surface area contributed by atoms with Gasteiger partial charge in [0.05, 0.1) is 5.54 Å². The van der Waals surface area contributed by atoms with E-state index in [1.165, 1.54) is 12.8 Å². The first kappa shape index (κ1) is 9.77. The van der Waals surface area contributed by atoms with E-state index in [2.05, 4.69) is 12.2 Å². The maximum atomic E-state index is 11.3. The molecule has 0 aliphatic carbocycles. The van der Waals surface area contributed by atoms with Crippen LogP contribution in [0.15, 0.2) is 0 Å². The summed E-state index contributed by atoms with van der Waals surface area (Å²) >= 11 is 0. The van der Waals surface area contributed by atoms with Gasteiger partial charge in [0.15, 0.2) is 0 Å². The standard InChI is InChI=1S/C10H19N3O/c1-2-3-4-10-5-8(12-7-10)6-13(10)9(11)14/h8,12H,2-7H2,1H3,(H2,11,14). The van der Waals surface area contributed by atoms with Crippen molar-refractivity contribution in [1.29, 1.82) is 0 Å². The lowest BCUT2D eigenvalue weighted by Gasteiger charge is -2.37. The van der Waals surface area contributed by atoms with Crippen LogP contribution in [0.5, 0.6) is 0 Å². The van der Waals surface area contributed by atoms with Crippen molar-refractivity contribution >= 4 is 6.03 Å². The van der Waals surface area contributed by atoms with Gasteiger partial charge in [0.25, 0.3) is 0 Å². The maximum absolute atomic E-state index is 11.3. The Morgan fingerprint density at radius 1 is 1.71 bits per heavy atom. The van der Waals surface area contributed by atoms with Gasteiger partial charge in [-0.2, -0.15) is 0 Å². The number of urea groups is 1. The number of nitrogens with one attached hydrogen (secondary N) is 1. The maximum Gasteiger partial charge on any atom is 0.315 e. The van der Waals surface area contributed by atoms with E-state index in [0.717, 1.165) is 25.9 Å². The number of likely N-dealkylation sites (tertiary alicyclic amines) is 1. The summed E-state index contributed by atoms with van der Waals surface area (Å²) in [6.07, 6.45) is 4.54. The Morgan fingerprint density at radius 3 is 3.07 bits per heavy atom. The minimum Gasteiger partial charge on any atom is -0.351 e. The van der Waals surface area contributed by atoms with Crippen molar-refractivity contribution < 1.29 is 4.79 Å². The van der Waals surface area contributed by atoms with Gasteiger partial charge >= 0.3 is 6.03 Å². The summed E-state index contributed by atoms with van der Waals surface area (Å²) in [4.78, 5) is 13.2. The van der Waals surface area contributed by atoms with Crippen molar-refractivity contribution in [3.8, 4) is 0 Å². The van der Waals surface area contributed by atoms with Crippen LogP contribution in [-0.4, -0.2) is 35.6 Å². The number of nitrogens with zero attached hydrogens (tertiary/aromatic N) is 1. The van der Waals surface area contributed by atoms with Crippen molar-refractivity contribution in [2.24, 2.45) is 5.73 Å². The number of fused-ring (bicyclic) bond motifs is 2. The summed E-state index contributed by atoms with van der Waals surface area (Å²) in [5.74, 6) is 0. The van der Waals surface area contributed by atoms with Gasteiger partial charge in [0, 0.05) is 19.1 Å². The Kier molecular flexibility index (Phi) is 2.39. The Bertz CT molecular complexity index is 244. The van der Waals surface area contributed by atoms with Crippen LogP contribution in [0.4, 0.5) is 4.79 Å². The van der Waals surface area contributed by atoms with Crippen LogP contribution >= 0.6 is 0 Å². The van der Waals surface area contributed by atoms with Gasteiger partial charge in [-0.1, -0.05) is 19.8 Å². The van der Waals surface area contributed by atoms with E-state index in [9.17, 15) is 4.79 Å². The number of amides is 2. The van der Waals surface area contributed by atoms with E-state index < -0.39 is 0 Å². The van der Waals surface area contributed by atoms with Crippen LogP contribution < -0.4 is 11.1 Å². The lowest BCUT2D eigenvalue weighted by atomic mass is 9.92. The highest BCUT2D eigenvalue weighted by molar-refractivity contribution is 5.74. The first-order valence-electron chi connectivity index (χ1n) is 5.48. The van der Waals surface area contributed by atoms with E-state index in [4.69, 9.17) is 5.73 Å². The minimum atomic E-state index is -0.245. The molecule has 80 valence electrons. The Hall–Kier alpha value is -0.770. The van der Waals surface area contributed by atoms with Crippen LogP contribution in [0.2, 0.25) is 0 Å². The molecule has 0 spiro atoms. The monoisotopic (exact) mass is 197 g/mol. The topological polar surface area (TPSA) is 58.4 Å². The zero-order valence-electron chi connectivity index (χ0n) is 8.75. The SMILES string of the molecule is CCCCC12CNC(CN1C(N)=O)C2. The molecule has 0 aromatic carbocycles. The Morgan fingerprint density at radius 2 is 2.50 bits per heavy atom. The second-order valence-corrected chi connectivity index (χ2v) is 4.56. The van der Waals surface area contributed by atoms with Crippen molar-refractivity contribution in [3.05, 3.63) is 0 Å². The predicted octanol–water partition coefficient (Wildman–Crippen LogP) is 0.672. The van der Waals surface area contributed by atoms with Gasteiger partial charge in [0.1, 0.15) is 0 Å². The summed E-state index contributed by atoms with van der Waals surface area (Å²) in [6.45, 7) is 3.92. The van der Waals surface area contributed by atoms with Crippen molar-refractivity contribution in [1.82, 2.24) is 10.2 Å². The molecule has 4 nitrogen and oxygen atoms in total. The first-order valence-corrected chi connectivity index (χ1v) is 5.48. The predicted molar refractivity (Wildman–Crippen MR) is 55.0 cm³/mol. The number of piperazine rings is 1. The number of hydrogen-bond acceptors (Lipinski definition) is 2. The van der Waals surface area contributed by atoms with Crippen LogP contribution in [-0.2, 0) is 0 Å². The molecule has 2 fully saturated rings. The van der Waals surface area contributed by atoms with E-state index in [1.54, 1.807) is 0 Å². The van der Waals surface area contributed by atoms with Crippen LogP contribution in [0.3, 0.4) is 0 Å². The molecule has 2 bridgehead atoms. The summed E-state index contributed by atoms with van der Waals surface area (Å²) in [5.41, 5.74) is 5.45. The van der Waals surface area contributed by atoms with Crippen LogP contribution in [0.25, 0.3) is 0 Å². The molecule has 2 aliphatic heterocycles. The molecule has 0 radical (unpaired) electrons. The lowest BCUT2D eigenvalue weighted by Crippen LogP contribution is -2.56. The number of primary amides is 1. The highest BCUT2D eigenvalue weighted by Crippen LogP contribution is 2.37. The minimum absolute atomic E-state index is 0.0481. The average molecular weight is 197 g/mol. The summed E-state index contributed by atoms with van der Waals surface area (Å²) < 4.78 is 0. The summed E-state index contributed by atoms with van der Waals surface area (Å²) in [5, 5.41) is 3.44. The average Bonchev–Trinajstić information content (AvgIpc) is 2.71. The zero-order chi connectivity index (χ0) is 10.2. The van der Waals surface area contributed by atoms with Crippen LogP contribution in [0.1, 0.15) is 32.6 Å². The molecule has 2 aliphatic rings. The van der Waals surface area contributed by atoms with E-state index in [1.807, 2.05) is 4.90 Å². The second-order valence-electron chi connectivity index (χ2n) is 4.56. The third-order valence-corrected chi connectivity index (χ3v) is 3.58. The second kappa shape index (κ2) is 3.42. The molecule has 0 saturated carbocycles. The molecular weight excluding hydrogens is 178 g/mol. The fraction of sp³-hybridized carbons (Fsp3) is 0.900. The van der Waals surface area contributed by atoms with E-state index in [0.29, 0.717) is 6.04 Å². The molecule has 4 heteroatoms. The summed E-state index contributed by atoms with van der Waals surface area (Å²) in [7, 11) is 0. The molecule has 0 aromatic rings. The fourth-order valence-electron chi connectivity index (χ4n) is 2.84. The number of carbonyl (C=O) groups excluding carboxylic acids is 1. The smallest absolute Gasteiger partial charge is 0.315 e. The van der Waals surface area contributed by atoms with Gasteiger partial charge in [-0.15, -0.1) is 0 Å². The van der Waals surface area contributed by atoms with Crippen molar-refractivity contribution in [3.63, 3.8) is 0 Å². The highest BCUT2D eigenvalue weighted by Gasteiger charge is 2.51. The number of hydrogen-bond donors (Lipinski definition) is 2. The van der Waals surface area contributed by atoms with Crippen molar-refractivity contribution in [2.75, 3.05) is 13.1 Å². The van der Waals surface area contributed by atoms with E-state index in [-0.39, 0.29) is 11.6 Å². The summed E-state index contributed by atoms with van der Waals surface area (Å²) in [6, 6.07) is 0.240. The fourth-order valence-corrected chi connectivity index (χ4v) is 2.84. The molecule has 2 amide bonds. The van der Waals surface area contributed by atoms with Gasteiger partial charge in [-0.3, -0.25) is 0 Å². The Labute approximate surface area is 84.8 Å². The number of nitrogens with two attached hydrogens (primary N) is 1. The molecule has 0 aromatic heterocycles. The molecule has 2 unspecified atom stereocenters. The third-order valence-electron chi connectivity index (χ3n) is 3.58. The van der Waals surface area contributed by atoms with Crippen molar-refractivity contribution in [2.45, 2.75) is 44.2 Å². The zero-order valence-corrected chi connectivity index (χ0v) is 8.75. The first-order chi connectivity index (χ1) is 6.68. The highest BCUT2D eigenvalue weighted by atomic mass is 16.2. The molecule has 2 atom stereocenters. The van der Waals surface area contributed by atoms with Gasteiger partial charge < -0.3 is 16.0 Å². The molecule has 2 saturated heterocycles. The normalized spacial score (nSPS) is 35.2.